The van der Waals surface area contributed by atoms with Crippen molar-refractivity contribution in [3.63, 3.8) is 0 Å². The molecule has 3 heteroatoms. The highest BCUT2D eigenvalue weighted by molar-refractivity contribution is 9.10. The lowest BCUT2D eigenvalue weighted by molar-refractivity contribution is 0.532. The zero-order chi connectivity index (χ0) is 12.6. The van der Waals surface area contributed by atoms with Gasteiger partial charge in [0.1, 0.15) is 5.76 Å². The van der Waals surface area contributed by atoms with Crippen LogP contribution in [0.4, 0.5) is 0 Å². The zero-order valence-electron chi connectivity index (χ0n) is 10.1. The van der Waals surface area contributed by atoms with Gasteiger partial charge in [-0.1, -0.05) is 37.9 Å². The summed E-state index contributed by atoms with van der Waals surface area (Å²) in [6.45, 7) is 6.19. The molecule has 0 radical (unpaired) electrons. The Labute approximate surface area is 118 Å². The van der Waals surface area contributed by atoms with Gasteiger partial charge in [0.25, 0.3) is 0 Å². The summed E-state index contributed by atoms with van der Waals surface area (Å²) in [4.78, 5) is 0.187. The molecule has 1 atom stereocenters. The van der Waals surface area contributed by atoms with Crippen molar-refractivity contribution in [2.75, 3.05) is 0 Å². The Hall–Kier alpha value is -0.540. The summed E-state index contributed by atoms with van der Waals surface area (Å²) in [5, 5.41) is 0. The number of hydrogen-bond acceptors (Lipinski definition) is 1. The summed E-state index contributed by atoms with van der Waals surface area (Å²) in [6, 6.07) is 6.43. The van der Waals surface area contributed by atoms with E-state index in [4.69, 9.17) is 4.42 Å². The Morgan fingerprint density at radius 2 is 1.76 bits per heavy atom. The third-order valence-electron chi connectivity index (χ3n) is 2.86. The van der Waals surface area contributed by atoms with Gasteiger partial charge < -0.3 is 4.42 Å². The van der Waals surface area contributed by atoms with E-state index in [1.54, 1.807) is 0 Å². The molecule has 0 fully saturated rings. The molecule has 0 aliphatic carbocycles. The van der Waals surface area contributed by atoms with Crippen molar-refractivity contribution in [2.24, 2.45) is 0 Å². The number of hydrogen-bond donors (Lipinski definition) is 0. The average molecular weight is 358 g/mol. The number of aryl methyl sites for hydroxylation is 3. The minimum Gasteiger partial charge on any atom is -0.469 e. The van der Waals surface area contributed by atoms with Crippen molar-refractivity contribution in [3.8, 4) is 0 Å². The molecular formula is C14H14Br2O. The first-order chi connectivity index (χ1) is 7.99. The second-order valence-corrected chi connectivity index (χ2v) is 6.08. The van der Waals surface area contributed by atoms with Crippen LogP contribution in [0.5, 0.6) is 0 Å². The van der Waals surface area contributed by atoms with Crippen LogP contribution in [-0.2, 0) is 0 Å². The summed E-state index contributed by atoms with van der Waals surface area (Å²) in [7, 11) is 0. The third kappa shape index (κ3) is 2.66. The first-order valence-corrected chi connectivity index (χ1v) is 7.15. The monoisotopic (exact) mass is 356 g/mol. The smallest absolute Gasteiger partial charge is 0.101 e. The van der Waals surface area contributed by atoms with Crippen molar-refractivity contribution in [3.05, 3.63) is 56.9 Å². The fraction of sp³-hybridized carbons (Fsp3) is 0.286. The highest BCUT2D eigenvalue weighted by Gasteiger charge is 2.15. The summed E-state index contributed by atoms with van der Waals surface area (Å²) in [6.07, 6.45) is 1.81. The van der Waals surface area contributed by atoms with E-state index in [0.717, 1.165) is 15.8 Å². The van der Waals surface area contributed by atoms with Crippen molar-refractivity contribution in [1.82, 2.24) is 0 Å². The van der Waals surface area contributed by atoms with Crippen LogP contribution < -0.4 is 0 Å². The van der Waals surface area contributed by atoms with Gasteiger partial charge >= 0.3 is 0 Å². The molecule has 0 N–H and O–H groups in total. The molecule has 1 heterocycles. The van der Waals surface area contributed by atoms with Gasteiger partial charge in [-0.15, -0.1) is 0 Å². The first kappa shape index (κ1) is 12.9. The quantitative estimate of drug-likeness (QED) is 0.651. The molecule has 0 bridgehead atoms. The van der Waals surface area contributed by atoms with Crippen LogP contribution in [0, 0.1) is 20.8 Å². The van der Waals surface area contributed by atoms with E-state index >= 15 is 0 Å². The lowest BCUT2D eigenvalue weighted by atomic mass is 10.00. The Bertz CT molecular complexity index is 543. The topological polar surface area (TPSA) is 13.1 Å². The molecule has 0 spiro atoms. The minimum absolute atomic E-state index is 0.187. The van der Waals surface area contributed by atoms with E-state index in [1.165, 1.54) is 16.7 Å². The van der Waals surface area contributed by atoms with Gasteiger partial charge in [-0.25, -0.2) is 0 Å². The Morgan fingerprint density at radius 1 is 1.06 bits per heavy atom. The predicted molar refractivity (Wildman–Crippen MR) is 77.8 cm³/mol. The van der Waals surface area contributed by atoms with Gasteiger partial charge in [-0.05, 0) is 49.6 Å². The molecule has 90 valence electrons. The maximum atomic E-state index is 5.36. The van der Waals surface area contributed by atoms with Crippen LogP contribution in [-0.4, -0.2) is 0 Å². The lowest BCUT2D eigenvalue weighted by Crippen LogP contribution is -1.96. The molecule has 2 aromatic rings. The van der Waals surface area contributed by atoms with Gasteiger partial charge in [-0.2, -0.15) is 0 Å². The lowest BCUT2D eigenvalue weighted by Gasteiger charge is -2.13. The number of alkyl halides is 1. The van der Waals surface area contributed by atoms with E-state index in [9.17, 15) is 0 Å². The van der Waals surface area contributed by atoms with Gasteiger partial charge in [0, 0.05) is 10.0 Å². The van der Waals surface area contributed by atoms with E-state index in [0.29, 0.717) is 0 Å². The summed E-state index contributed by atoms with van der Waals surface area (Å²) >= 11 is 7.30. The second-order valence-electron chi connectivity index (χ2n) is 4.31. The largest absolute Gasteiger partial charge is 0.469 e. The van der Waals surface area contributed by atoms with Gasteiger partial charge in [-0.3, -0.25) is 0 Å². The van der Waals surface area contributed by atoms with Crippen LogP contribution in [0.1, 0.15) is 32.8 Å². The number of rotatable bonds is 2. The van der Waals surface area contributed by atoms with Crippen molar-refractivity contribution >= 4 is 31.9 Å². The zero-order valence-corrected chi connectivity index (χ0v) is 13.2. The maximum absolute atomic E-state index is 5.36. The summed E-state index contributed by atoms with van der Waals surface area (Å²) in [5.41, 5.74) is 4.96. The molecule has 0 aliphatic rings. The van der Waals surface area contributed by atoms with Gasteiger partial charge in [0.05, 0.1) is 11.1 Å². The van der Waals surface area contributed by atoms with Crippen LogP contribution in [0.2, 0.25) is 0 Å². The fourth-order valence-corrected chi connectivity index (χ4v) is 3.04. The molecule has 1 aromatic carbocycles. The molecule has 1 aromatic heterocycles. The number of benzene rings is 1. The normalized spacial score (nSPS) is 12.8. The third-order valence-corrected chi connectivity index (χ3v) is 4.74. The Balaban J connectivity index is 2.43. The van der Waals surface area contributed by atoms with Crippen molar-refractivity contribution in [2.45, 2.75) is 25.6 Å². The minimum atomic E-state index is 0.187. The molecule has 0 saturated carbocycles. The molecular weight excluding hydrogens is 344 g/mol. The van der Waals surface area contributed by atoms with E-state index in [1.807, 2.05) is 13.2 Å². The van der Waals surface area contributed by atoms with E-state index < -0.39 is 0 Å². The molecule has 17 heavy (non-hydrogen) atoms. The maximum Gasteiger partial charge on any atom is 0.101 e. The molecule has 0 aliphatic heterocycles. The SMILES string of the molecule is Cc1cc(C(Br)c2cc(C)c(Br)cc2C)co1. The summed E-state index contributed by atoms with van der Waals surface area (Å²) in [5.74, 6) is 0.941. The second kappa shape index (κ2) is 4.99. The average Bonchev–Trinajstić information content (AvgIpc) is 2.69. The van der Waals surface area contributed by atoms with Crippen molar-refractivity contribution in [1.29, 1.82) is 0 Å². The molecule has 0 saturated heterocycles. The highest BCUT2D eigenvalue weighted by atomic mass is 79.9. The Kier molecular flexibility index (Phi) is 3.79. The van der Waals surface area contributed by atoms with E-state index in [2.05, 4.69) is 63.9 Å². The molecule has 1 unspecified atom stereocenters. The number of furan rings is 1. The van der Waals surface area contributed by atoms with Crippen LogP contribution >= 0.6 is 31.9 Å². The molecule has 0 amide bonds. The van der Waals surface area contributed by atoms with Gasteiger partial charge in [0.15, 0.2) is 0 Å². The van der Waals surface area contributed by atoms with Crippen LogP contribution in [0.3, 0.4) is 0 Å². The van der Waals surface area contributed by atoms with Crippen LogP contribution in [0.15, 0.2) is 33.4 Å². The van der Waals surface area contributed by atoms with Crippen molar-refractivity contribution < 1.29 is 4.42 Å². The summed E-state index contributed by atoms with van der Waals surface area (Å²) < 4.78 is 6.52. The highest BCUT2D eigenvalue weighted by Crippen LogP contribution is 2.35. The molecule has 2 rings (SSSR count). The number of halogens is 2. The predicted octanol–water partition coefficient (Wildman–Crippen LogP) is 5.45. The standard InChI is InChI=1S/C14H14Br2O/c1-8-5-13(15)9(2)4-12(8)14(16)11-6-10(3)17-7-11/h4-7,14H,1-3H3. The Morgan fingerprint density at radius 3 is 2.35 bits per heavy atom. The van der Waals surface area contributed by atoms with E-state index in [-0.39, 0.29) is 4.83 Å². The molecule has 1 nitrogen and oxygen atoms in total. The van der Waals surface area contributed by atoms with Crippen LogP contribution in [0.25, 0.3) is 0 Å². The fourth-order valence-electron chi connectivity index (χ4n) is 1.85. The first-order valence-electron chi connectivity index (χ1n) is 5.45. The van der Waals surface area contributed by atoms with Gasteiger partial charge in [0.2, 0.25) is 0 Å².